The standard InChI is InChI=1S/C17H22ClN3O2.ClH/c1-11-10-12(6-8-19-11)16(22)20-14-7-9-21(17(14)23)15-5-3-2-4-13(15)18;/h2-5,11-12,14,19H,6-10H2,1H3,(H,20,22);1H/t11-,12-,14?;/m0./s1. The van der Waals surface area contributed by atoms with Crippen LogP contribution in [0.1, 0.15) is 26.2 Å². The molecule has 0 aromatic heterocycles. The molecule has 2 aliphatic heterocycles. The van der Waals surface area contributed by atoms with Crippen LogP contribution in [-0.4, -0.2) is 37.0 Å². The first kappa shape index (κ1) is 19.0. The fourth-order valence-corrected chi connectivity index (χ4v) is 3.62. The van der Waals surface area contributed by atoms with E-state index < -0.39 is 6.04 Å². The molecule has 2 aliphatic rings. The lowest BCUT2D eigenvalue weighted by molar-refractivity contribution is -0.130. The summed E-state index contributed by atoms with van der Waals surface area (Å²) in [6.07, 6.45) is 2.27. The molecule has 0 aliphatic carbocycles. The molecular formula is C17H23Cl2N3O2. The van der Waals surface area contributed by atoms with E-state index in [1.165, 1.54) is 0 Å². The van der Waals surface area contributed by atoms with Gasteiger partial charge in [0.15, 0.2) is 0 Å². The predicted octanol–water partition coefficient (Wildman–Crippen LogP) is 2.37. The largest absolute Gasteiger partial charge is 0.344 e. The third-order valence-corrected chi connectivity index (χ3v) is 4.98. The maximum atomic E-state index is 12.6. The van der Waals surface area contributed by atoms with E-state index in [1.807, 2.05) is 18.2 Å². The second kappa shape index (κ2) is 8.19. The molecule has 2 amide bonds. The quantitative estimate of drug-likeness (QED) is 0.857. The Morgan fingerprint density at radius 3 is 2.79 bits per heavy atom. The number of carbonyl (C=O) groups is 2. The SMILES string of the molecule is C[C@H]1C[C@@H](C(=O)NC2CCN(c3ccccc3Cl)C2=O)CCN1.Cl. The number of benzene rings is 1. The molecule has 2 saturated heterocycles. The average Bonchev–Trinajstić information content (AvgIpc) is 2.89. The summed E-state index contributed by atoms with van der Waals surface area (Å²) in [5.74, 6) is -0.0837. The van der Waals surface area contributed by atoms with Crippen molar-refractivity contribution in [1.29, 1.82) is 0 Å². The second-order valence-corrected chi connectivity index (χ2v) is 6.77. The van der Waals surface area contributed by atoms with Crippen molar-refractivity contribution in [1.82, 2.24) is 10.6 Å². The van der Waals surface area contributed by atoms with E-state index in [-0.39, 0.29) is 30.1 Å². The van der Waals surface area contributed by atoms with Gasteiger partial charge >= 0.3 is 0 Å². The highest BCUT2D eigenvalue weighted by molar-refractivity contribution is 6.34. The number of hydrogen-bond donors (Lipinski definition) is 2. The number of nitrogens with zero attached hydrogens (tertiary/aromatic N) is 1. The van der Waals surface area contributed by atoms with Crippen LogP contribution in [-0.2, 0) is 9.59 Å². The minimum absolute atomic E-state index is 0. The van der Waals surface area contributed by atoms with Crippen molar-refractivity contribution in [3.8, 4) is 0 Å². The fourth-order valence-electron chi connectivity index (χ4n) is 3.38. The number of piperidine rings is 1. The summed E-state index contributed by atoms with van der Waals surface area (Å²) in [4.78, 5) is 26.7. The topological polar surface area (TPSA) is 61.4 Å². The number of halogens is 2. The van der Waals surface area contributed by atoms with Gasteiger partial charge < -0.3 is 15.5 Å². The summed E-state index contributed by atoms with van der Waals surface area (Å²) in [6, 6.07) is 7.20. The van der Waals surface area contributed by atoms with Gasteiger partial charge in [0.25, 0.3) is 0 Å². The highest BCUT2D eigenvalue weighted by atomic mass is 35.5. The van der Waals surface area contributed by atoms with Crippen LogP contribution in [0.15, 0.2) is 24.3 Å². The van der Waals surface area contributed by atoms with Crippen LogP contribution < -0.4 is 15.5 Å². The summed E-state index contributed by atoms with van der Waals surface area (Å²) in [5.41, 5.74) is 0.714. The molecule has 0 radical (unpaired) electrons. The van der Waals surface area contributed by atoms with Crippen molar-refractivity contribution in [3.05, 3.63) is 29.3 Å². The number of carbonyl (C=O) groups excluding carboxylic acids is 2. The summed E-state index contributed by atoms with van der Waals surface area (Å²) >= 11 is 6.17. The number of para-hydroxylation sites is 1. The van der Waals surface area contributed by atoms with Gasteiger partial charge in [-0.05, 0) is 44.9 Å². The summed E-state index contributed by atoms with van der Waals surface area (Å²) in [5, 5.41) is 6.83. The maximum absolute atomic E-state index is 12.6. The Labute approximate surface area is 153 Å². The molecule has 0 bridgehead atoms. The Balaban J connectivity index is 0.00000208. The molecule has 24 heavy (non-hydrogen) atoms. The number of rotatable bonds is 3. The molecule has 132 valence electrons. The van der Waals surface area contributed by atoms with E-state index in [9.17, 15) is 9.59 Å². The van der Waals surface area contributed by atoms with Crippen LogP contribution in [0.4, 0.5) is 5.69 Å². The van der Waals surface area contributed by atoms with Gasteiger partial charge in [-0.2, -0.15) is 0 Å². The van der Waals surface area contributed by atoms with Gasteiger partial charge in [-0.25, -0.2) is 0 Å². The molecule has 2 heterocycles. The Morgan fingerprint density at radius 1 is 1.33 bits per heavy atom. The van der Waals surface area contributed by atoms with E-state index in [0.717, 1.165) is 19.4 Å². The zero-order valence-electron chi connectivity index (χ0n) is 13.6. The number of anilines is 1. The van der Waals surface area contributed by atoms with E-state index in [2.05, 4.69) is 17.6 Å². The van der Waals surface area contributed by atoms with Gasteiger partial charge in [-0.3, -0.25) is 9.59 Å². The highest BCUT2D eigenvalue weighted by Gasteiger charge is 2.36. The molecule has 1 aromatic rings. The van der Waals surface area contributed by atoms with Crippen molar-refractivity contribution in [3.63, 3.8) is 0 Å². The third-order valence-electron chi connectivity index (χ3n) is 4.66. The van der Waals surface area contributed by atoms with Crippen molar-refractivity contribution >= 4 is 41.5 Å². The van der Waals surface area contributed by atoms with E-state index in [4.69, 9.17) is 11.6 Å². The first-order valence-electron chi connectivity index (χ1n) is 8.16. The zero-order chi connectivity index (χ0) is 16.4. The van der Waals surface area contributed by atoms with Gasteiger partial charge in [0, 0.05) is 18.5 Å². The summed E-state index contributed by atoms with van der Waals surface area (Å²) in [7, 11) is 0. The van der Waals surface area contributed by atoms with E-state index in [0.29, 0.717) is 29.7 Å². The second-order valence-electron chi connectivity index (χ2n) is 6.37. The van der Waals surface area contributed by atoms with Gasteiger partial charge in [-0.15, -0.1) is 12.4 Å². The van der Waals surface area contributed by atoms with Crippen LogP contribution in [0.2, 0.25) is 5.02 Å². The lowest BCUT2D eigenvalue weighted by Crippen LogP contribution is -2.47. The number of nitrogens with one attached hydrogen (secondary N) is 2. The minimum atomic E-state index is -0.441. The lowest BCUT2D eigenvalue weighted by Gasteiger charge is -2.28. The normalized spacial score (nSPS) is 26.8. The molecule has 0 saturated carbocycles. The highest BCUT2D eigenvalue weighted by Crippen LogP contribution is 2.29. The zero-order valence-corrected chi connectivity index (χ0v) is 15.2. The van der Waals surface area contributed by atoms with Crippen molar-refractivity contribution < 1.29 is 9.59 Å². The van der Waals surface area contributed by atoms with Crippen molar-refractivity contribution in [2.45, 2.75) is 38.3 Å². The predicted molar refractivity (Wildman–Crippen MR) is 97.8 cm³/mol. The molecule has 2 fully saturated rings. The Hall–Kier alpha value is -1.30. The molecule has 1 unspecified atom stereocenters. The first-order chi connectivity index (χ1) is 11.1. The molecule has 1 aromatic carbocycles. The van der Waals surface area contributed by atoms with E-state index in [1.54, 1.807) is 11.0 Å². The third kappa shape index (κ3) is 4.02. The molecule has 3 atom stereocenters. The van der Waals surface area contributed by atoms with Gasteiger partial charge in [-0.1, -0.05) is 23.7 Å². The smallest absolute Gasteiger partial charge is 0.249 e. The van der Waals surface area contributed by atoms with Crippen molar-refractivity contribution in [2.24, 2.45) is 5.92 Å². The Bertz CT molecular complexity index is 611. The maximum Gasteiger partial charge on any atom is 0.249 e. The molecule has 5 nitrogen and oxygen atoms in total. The Morgan fingerprint density at radius 2 is 2.08 bits per heavy atom. The van der Waals surface area contributed by atoms with Crippen molar-refractivity contribution in [2.75, 3.05) is 18.0 Å². The molecular weight excluding hydrogens is 349 g/mol. The number of hydrogen-bond acceptors (Lipinski definition) is 3. The monoisotopic (exact) mass is 371 g/mol. The van der Waals surface area contributed by atoms with Crippen LogP contribution in [0, 0.1) is 5.92 Å². The van der Waals surface area contributed by atoms with Gasteiger partial charge in [0.2, 0.25) is 11.8 Å². The van der Waals surface area contributed by atoms with Crippen LogP contribution in [0.3, 0.4) is 0 Å². The van der Waals surface area contributed by atoms with E-state index >= 15 is 0 Å². The van der Waals surface area contributed by atoms with Crippen LogP contribution >= 0.6 is 24.0 Å². The number of amides is 2. The van der Waals surface area contributed by atoms with Gasteiger partial charge in [0.1, 0.15) is 6.04 Å². The molecule has 0 spiro atoms. The molecule has 2 N–H and O–H groups in total. The van der Waals surface area contributed by atoms with Gasteiger partial charge in [0.05, 0.1) is 10.7 Å². The lowest BCUT2D eigenvalue weighted by atomic mass is 9.92. The van der Waals surface area contributed by atoms with Crippen LogP contribution in [0.5, 0.6) is 0 Å². The first-order valence-corrected chi connectivity index (χ1v) is 8.53. The molecule has 7 heteroatoms. The average molecular weight is 372 g/mol. The fraction of sp³-hybridized carbons (Fsp3) is 0.529. The molecule has 3 rings (SSSR count). The summed E-state index contributed by atoms with van der Waals surface area (Å²) < 4.78 is 0. The summed E-state index contributed by atoms with van der Waals surface area (Å²) in [6.45, 7) is 3.51. The van der Waals surface area contributed by atoms with Crippen LogP contribution in [0.25, 0.3) is 0 Å². The Kier molecular flexibility index (Phi) is 6.49. The minimum Gasteiger partial charge on any atom is -0.344 e.